The molecule has 0 saturated carbocycles. The molecule has 0 bridgehead atoms. The first-order chi connectivity index (χ1) is 7.75. The van der Waals surface area contributed by atoms with Gasteiger partial charge in [0.1, 0.15) is 0 Å². The maximum atomic E-state index is 11.4. The maximum Gasteiger partial charge on any atom is 0.173 e. The minimum atomic E-state index is -0.906. The molecule has 3 heteroatoms. The highest BCUT2D eigenvalue weighted by Gasteiger charge is 2.03. The largest absolute Gasteiger partial charge is 0.255 e. The zero-order valence-corrected chi connectivity index (χ0v) is 9.98. The van der Waals surface area contributed by atoms with Gasteiger partial charge in [-0.15, -0.1) is 0 Å². The second kappa shape index (κ2) is 5.03. The third-order valence-electron chi connectivity index (χ3n) is 2.37. The molecule has 0 amide bonds. The van der Waals surface area contributed by atoms with E-state index in [4.69, 9.17) is 0 Å². The van der Waals surface area contributed by atoms with Crippen LogP contribution in [0.5, 0.6) is 0 Å². The van der Waals surface area contributed by atoms with Crippen LogP contribution in [-0.2, 0) is 17.3 Å². The predicted octanol–water partition coefficient (Wildman–Crippen LogP) is 1.76. The van der Waals surface area contributed by atoms with Crippen LogP contribution < -0.4 is 4.57 Å². The molecule has 1 unspecified atom stereocenters. The van der Waals surface area contributed by atoms with Crippen LogP contribution in [0.3, 0.4) is 0 Å². The van der Waals surface area contributed by atoms with Crippen molar-refractivity contribution in [2.24, 2.45) is 0 Å². The van der Waals surface area contributed by atoms with E-state index in [1.807, 2.05) is 48.8 Å². The molecule has 2 rings (SSSR count). The van der Waals surface area contributed by atoms with Gasteiger partial charge in [-0.3, -0.25) is 4.21 Å². The maximum absolute atomic E-state index is 11.4. The Kier molecular flexibility index (Phi) is 3.47. The Morgan fingerprint density at radius 1 is 1.12 bits per heavy atom. The highest BCUT2D eigenvalue weighted by molar-refractivity contribution is 7.84. The molecule has 16 heavy (non-hydrogen) atoms. The first kappa shape index (κ1) is 11.0. The average Bonchev–Trinajstić information content (AvgIpc) is 2.30. The molecule has 0 saturated heterocycles. The van der Waals surface area contributed by atoms with Crippen molar-refractivity contribution in [1.82, 2.24) is 0 Å². The topological polar surface area (TPSA) is 20.9 Å². The molecule has 1 heterocycles. The lowest BCUT2D eigenvalue weighted by Gasteiger charge is -2.00. The van der Waals surface area contributed by atoms with Crippen molar-refractivity contribution in [1.29, 1.82) is 0 Å². The summed E-state index contributed by atoms with van der Waals surface area (Å²) < 4.78 is 13.4. The van der Waals surface area contributed by atoms with Gasteiger partial charge in [0.15, 0.2) is 18.9 Å². The van der Waals surface area contributed by atoms with Gasteiger partial charge in [0.05, 0.1) is 0 Å². The van der Waals surface area contributed by atoms with Gasteiger partial charge in [-0.05, 0) is 12.1 Å². The Morgan fingerprint density at radius 2 is 1.88 bits per heavy atom. The molecule has 0 aliphatic heterocycles. The summed E-state index contributed by atoms with van der Waals surface area (Å²) >= 11 is 0. The second-order valence-electron chi connectivity index (χ2n) is 3.65. The minimum Gasteiger partial charge on any atom is -0.255 e. The van der Waals surface area contributed by atoms with Crippen molar-refractivity contribution < 1.29 is 8.78 Å². The van der Waals surface area contributed by atoms with Gasteiger partial charge in [0.25, 0.3) is 0 Å². The predicted molar refractivity (Wildman–Crippen MR) is 64.5 cm³/mol. The summed E-state index contributed by atoms with van der Waals surface area (Å²) in [6.45, 7) is 0.811. The Hall–Kier alpha value is -1.48. The molecular weight excluding hydrogens is 218 g/mol. The second-order valence-corrected chi connectivity index (χ2v) is 5.03. The third-order valence-corrected chi connectivity index (χ3v) is 3.29. The summed E-state index contributed by atoms with van der Waals surface area (Å²) in [5.74, 6) is 0. The lowest BCUT2D eigenvalue weighted by Crippen LogP contribution is -2.32. The highest BCUT2D eigenvalue weighted by atomic mass is 32.2. The Balaban J connectivity index is 2.22. The fourth-order valence-corrected chi connectivity index (χ4v) is 2.16. The van der Waals surface area contributed by atoms with E-state index in [0.717, 1.165) is 11.4 Å². The molecule has 0 N–H and O–H groups in total. The average molecular weight is 232 g/mol. The van der Waals surface area contributed by atoms with Crippen molar-refractivity contribution in [2.75, 3.05) is 6.26 Å². The highest BCUT2D eigenvalue weighted by Crippen LogP contribution is 2.08. The summed E-state index contributed by atoms with van der Waals surface area (Å²) in [6, 6.07) is 13.9. The Morgan fingerprint density at radius 3 is 2.56 bits per heavy atom. The fraction of sp³-hybridized carbons (Fsp3) is 0.154. The van der Waals surface area contributed by atoms with Crippen molar-refractivity contribution in [3.63, 3.8) is 0 Å². The zero-order chi connectivity index (χ0) is 11.4. The lowest BCUT2D eigenvalue weighted by atomic mass is 10.2. The summed E-state index contributed by atoms with van der Waals surface area (Å²) in [7, 11) is -0.906. The van der Waals surface area contributed by atoms with Gasteiger partial charge in [-0.2, -0.15) is 0 Å². The summed E-state index contributed by atoms with van der Waals surface area (Å²) in [6.07, 6.45) is 5.75. The number of benzene rings is 1. The third kappa shape index (κ3) is 2.76. The monoisotopic (exact) mass is 232 g/mol. The van der Waals surface area contributed by atoms with Gasteiger partial charge >= 0.3 is 0 Å². The molecular formula is C13H14NOS+. The fourth-order valence-electron chi connectivity index (χ4n) is 1.57. The SMILES string of the molecule is CS(=O)c1cccc(C[n+]2ccccc2)c1. The first-order valence-electron chi connectivity index (χ1n) is 5.12. The van der Waals surface area contributed by atoms with Gasteiger partial charge in [0.2, 0.25) is 0 Å². The van der Waals surface area contributed by atoms with Crippen LogP contribution in [0, 0.1) is 0 Å². The van der Waals surface area contributed by atoms with Gasteiger partial charge in [0, 0.05) is 39.6 Å². The number of hydrogen-bond donors (Lipinski definition) is 0. The first-order valence-corrected chi connectivity index (χ1v) is 6.68. The molecule has 1 atom stereocenters. The number of nitrogens with zero attached hydrogens (tertiary/aromatic N) is 1. The van der Waals surface area contributed by atoms with E-state index in [1.165, 1.54) is 5.56 Å². The normalized spacial score (nSPS) is 12.3. The summed E-state index contributed by atoms with van der Waals surface area (Å²) in [4.78, 5) is 0.883. The van der Waals surface area contributed by atoms with E-state index < -0.39 is 10.8 Å². The molecule has 2 nitrogen and oxygen atoms in total. The van der Waals surface area contributed by atoms with E-state index in [0.29, 0.717) is 0 Å². The van der Waals surface area contributed by atoms with E-state index in [9.17, 15) is 4.21 Å². The summed E-state index contributed by atoms with van der Waals surface area (Å²) in [5.41, 5.74) is 1.17. The molecule has 0 spiro atoms. The van der Waals surface area contributed by atoms with Crippen molar-refractivity contribution in [2.45, 2.75) is 11.4 Å². The molecule has 0 aliphatic carbocycles. The standard InChI is InChI=1S/C13H14NOS/c1-16(15)13-7-5-6-12(10-13)11-14-8-3-2-4-9-14/h2-10H,11H2,1H3/q+1. The van der Waals surface area contributed by atoms with Crippen LogP contribution in [0.25, 0.3) is 0 Å². The molecule has 82 valence electrons. The number of rotatable bonds is 3. The van der Waals surface area contributed by atoms with Crippen LogP contribution in [-0.4, -0.2) is 10.5 Å². The zero-order valence-electron chi connectivity index (χ0n) is 9.17. The smallest absolute Gasteiger partial charge is 0.173 e. The van der Waals surface area contributed by atoms with Gasteiger partial charge < -0.3 is 0 Å². The number of hydrogen-bond acceptors (Lipinski definition) is 1. The quantitative estimate of drug-likeness (QED) is 0.739. The van der Waals surface area contributed by atoms with E-state index in [-0.39, 0.29) is 0 Å². The van der Waals surface area contributed by atoms with Crippen LogP contribution in [0.1, 0.15) is 5.56 Å². The molecule has 0 fully saturated rings. The van der Waals surface area contributed by atoms with Crippen molar-refractivity contribution in [3.05, 3.63) is 60.4 Å². The van der Waals surface area contributed by atoms with Crippen LogP contribution >= 0.6 is 0 Å². The van der Waals surface area contributed by atoms with Crippen molar-refractivity contribution in [3.8, 4) is 0 Å². The number of aromatic nitrogens is 1. The van der Waals surface area contributed by atoms with Gasteiger partial charge in [-0.1, -0.05) is 18.2 Å². The Labute approximate surface area is 98.0 Å². The molecule has 0 radical (unpaired) electrons. The molecule has 2 aromatic rings. The van der Waals surface area contributed by atoms with Crippen molar-refractivity contribution >= 4 is 10.8 Å². The minimum absolute atomic E-state index is 0.811. The number of pyridine rings is 1. The van der Waals surface area contributed by atoms with E-state index in [2.05, 4.69) is 10.6 Å². The lowest BCUT2D eigenvalue weighted by molar-refractivity contribution is -0.688. The molecule has 1 aromatic carbocycles. The van der Waals surface area contributed by atoms with Gasteiger partial charge in [-0.25, -0.2) is 4.57 Å². The van der Waals surface area contributed by atoms with Crippen LogP contribution in [0.4, 0.5) is 0 Å². The van der Waals surface area contributed by atoms with Crippen LogP contribution in [0.2, 0.25) is 0 Å². The van der Waals surface area contributed by atoms with E-state index >= 15 is 0 Å². The Bertz CT molecular complexity index is 496. The van der Waals surface area contributed by atoms with E-state index in [1.54, 1.807) is 6.26 Å². The molecule has 0 aliphatic rings. The van der Waals surface area contributed by atoms with Crippen LogP contribution in [0.15, 0.2) is 59.8 Å². The molecule has 1 aromatic heterocycles. The summed E-state index contributed by atoms with van der Waals surface area (Å²) in [5, 5.41) is 0.